The van der Waals surface area contributed by atoms with E-state index in [4.69, 9.17) is 5.10 Å². The van der Waals surface area contributed by atoms with Crippen molar-refractivity contribution in [2.75, 3.05) is 23.3 Å². The largest absolute Gasteiger partial charge is 0.465 e. The summed E-state index contributed by atoms with van der Waals surface area (Å²) in [5, 5.41) is 18.5. The highest BCUT2D eigenvalue weighted by atomic mass is 16.4. The van der Waals surface area contributed by atoms with E-state index in [0.29, 0.717) is 24.7 Å². The van der Waals surface area contributed by atoms with Gasteiger partial charge in [0.15, 0.2) is 5.82 Å². The summed E-state index contributed by atoms with van der Waals surface area (Å²) in [6.45, 7) is 3.26. The predicted octanol–water partition coefficient (Wildman–Crippen LogP) is 3.20. The Hall–Kier alpha value is -4.21. The fraction of sp³-hybridized carbons (Fsp3) is 0.261. The number of pyridine rings is 1. The van der Waals surface area contributed by atoms with Crippen LogP contribution in [0.1, 0.15) is 12.0 Å². The minimum absolute atomic E-state index is 0.0344. The van der Waals surface area contributed by atoms with Crippen LogP contribution in [0.25, 0.3) is 16.6 Å². The molecular formula is C23H22N8O2. The zero-order valence-electron chi connectivity index (χ0n) is 18.0. The summed E-state index contributed by atoms with van der Waals surface area (Å²) in [6.07, 6.45) is 8.57. The number of likely N-dealkylation sites (tertiary alicyclic amines) is 1. The van der Waals surface area contributed by atoms with Crippen molar-refractivity contribution in [3.63, 3.8) is 0 Å². The number of anilines is 3. The predicted molar refractivity (Wildman–Crippen MR) is 123 cm³/mol. The summed E-state index contributed by atoms with van der Waals surface area (Å²) >= 11 is 0. The highest BCUT2D eigenvalue weighted by Crippen LogP contribution is 2.35. The number of benzene rings is 1. The van der Waals surface area contributed by atoms with Crippen LogP contribution in [0.2, 0.25) is 0 Å². The number of amides is 1. The summed E-state index contributed by atoms with van der Waals surface area (Å²) in [5.41, 5.74) is 3.91. The van der Waals surface area contributed by atoms with Crippen LogP contribution in [-0.2, 0) is 0 Å². The molecule has 166 valence electrons. The zero-order chi connectivity index (χ0) is 22.5. The quantitative estimate of drug-likeness (QED) is 0.496. The Morgan fingerprint density at radius 3 is 2.70 bits per heavy atom. The summed E-state index contributed by atoms with van der Waals surface area (Å²) in [5.74, 6) is 1.31. The van der Waals surface area contributed by atoms with E-state index in [1.807, 2.05) is 16.9 Å². The first-order valence-corrected chi connectivity index (χ1v) is 10.8. The van der Waals surface area contributed by atoms with Crippen molar-refractivity contribution in [2.24, 2.45) is 0 Å². The topological polar surface area (TPSA) is 112 Å². The average Bonchev–Trinajstić information content (AvgIpc) is 3.53. The summed E-state index contributed by atoms with van der Waals surface area (Å²) in [4.78, 5) is 28.1. The Bertz CT molecular complexity index is 1360. The lowest BCUT2D eigenvalue weighted by Gasteiger charge is -2.34. The van der Waals surface area contributed by atoms with Crippen molar-refractivity contribution in [1.82, 2.24) is 29.6 Å². The number of nitrogens with zero attached hydrogens (tertiary/aromatic N) is 7. The average molecular weight is 442 g/mol. The summed E-state index contributed by atoms with van der Waals surface area (Å²) in [6, 6.07) is 8.48. The molecule has 0 unspecified atom stereocenters. The molecule has 0 spiro atoms. The summed E-state index contributed by atoms with van der Waals surface area (Å²) in [7, 11) is 0. The van der Waals surface area contributed by atoms with Crippen molar-refractivity contribution >= 4 is 34.3 Å². The third-order valence-electron chi connectivity index (χ3n) is 6.42. The number of piperazine rings is 1. The van der Waals surface area contributed by atoms with Crippen LogP contribution in [-0.4, -0.2) is 66.0 Å². The molecule has 0 saturated carbocycles. The van der Waals surface area contributed by atoms with Crippen LogP contribution in [0, 0.1) is 6.92 Å². The van der Waals surface area contributed by atoms with E-state index in [2.05, 4.69) is 50.3 Å². The Morgan fingerprint density at radius 1 is 1.06 bits per heavy atom. The smallest absolute Gasteiger partial charge is 0.407 e. The first kappa shape index (κ1) is 19.5. The third kappa shape index (κ3) is 3.30. The molecule has 2 fully saturated rings. The van der Waals surface area contributed by atoms with Crippen molar-refractivity contribution in [1.29, 1.82) is 0 Å². The van der Waals surface area contributed by atoms with Gasteiger partial charge in [0.1, 0.15) is 5.82 Å². The van der Waals surface area contributed by atoms with Crippen LogP contribution in [0.4, 0.5) is 22.1 Å². The fourth-order valence-electron chi connectivity index (χ4n) is 4.91. The van der Waals surface area contributed by atoms with Crippen molar-refractivity contribution < 1.29 is 9.90 Å². The van der Waals surface area contributed by atoms with E-state index in [0.717, 1.165) is 34.3 Å². The van der Waals surface area contributed by atoms with Crippen LogP contribution in [0.15, 0.2) is 55.2 Å². The molecule has 1 amide bonds. The van der Waals surface area contributed by atoms with Gasteiger partial charge in [-0.25, -0.2) is 14.5 Å². The Labute approximate surface area is 189 Å². The number of hydrogen-bond acceptors (Lipinski definition) is 7. The second-order valence-corrected chi connectivity index (χ2v) is 8.53. The number of rotatable bonds is 4. The molecule has 1 aromatic carbocycles. The Morgan fingerprint density at radius 2 is 1.94 bits per heavy atom. The molecule has 2 saturated heterocycles. The van der Waals surface area contributed by atoms with Crippen LogP contribution in [0.5, 0.6) is 0 Å². The van der Waals surface area contributed by atoms with Gasteiger partial charge in [-0.05, 0) is 37.1 Å². The molecule has 6 rings (SSSR count). The lowest BCUT2D eigenvalue weighted by atomic mass is 10.2. The molecule has 10 heteroatoms. The zero-order valence-corrected chi connectivity index (χ0v) is 18.0. The normalized spacial score (nSPS) is 19.4. The van der Waals surface area contributed by atoms with Gasteiger partial charge in [-0.15, -0.1) is 5.10 Å². The minimum Gasteiger partial charge on any atom is -0.465 e. The lowest BCUT2D eigenvalue weighted by molar-refractivity contribution is 0.137. The number of aryl methyl sites for hydroxylation is 1. The fourth-order valence-corrected chi connectivity index (χ4v) is 4.91. The van der Waals surface area contributed by atoms with Gasteiger partial charge in [-0.1, -0.05) is 6.07 Å². The second-order valence-electron chi connectivity index (χ2n) is 8.53. The molecular weight excluding hydrogens is 420 g/mol. The maximum Gasteiger partial charge on any atom is 0.407 e. The van der Waals surface area contributed by atoms with Crippen molar-refractivity contribution in [3.05, 3.63) is 60.8 Å². The van der Waals surface area contributed by atoms with Gasteiger partial charge >= 0.3 is 6.09 Å². The number of carboxylic acid groups (broad SMARTS) is 1. The first-order valence-electron chi connectivity index (χ1n) is 10.8. The van der Waals surface area contributed by atoms with Crippen LogP contribution < -0.4 is 10.2 Å². The van der Waals surface area contributed by atoms with Gasteiger partial charge in [0.25, 0.3) is 0 Å². The molecule has 2 atom stereocenters. The maximum absolute atomic E-state index is 11.4. The third-order valence-corrected chi connectivity index (χ3v) is 6.42. The van der Waals surface area contributed by atoms with Crippen LogP contribution in [0.3, 0.4) is 0 Å². The molecule has 2 N–H and O–H groups in total. The number of hydrogen-bond donors (Lipinski definition) is 2. The second kappa shape index (κ2) is 7.44. The van der Waals surface area contributed by atoms with Crippen LogP contribution >= 0.6 is 0 Å². The molecule has 2 bridgehead atoms. The Kier molecular flexibility index (Phi) is 4.39. The SMILES string of the molecule is Cc1ccc2c(Nc3cnccn3)nn(-c3cncc(N4C[C@@H]5C[C@H]4CN5C(=O)O)c3)c2c1. The first-order chi connectivity index (χ1) is 16.1. The van der Waals surface area contributed by atoms with Crippen molar-refractivity contribution in [2.45, 2.75) is 25.4 Å². The minimum atomic E-state index is -0.837. The lowest BCUT2D eigenvalue weighted by Crippen LogP contribution is -2.48. The molecule has 10 nitrogen and oxygen atoms in total. The molecule has 0 aliphatic carbocycles. The summed E-state index contributed by atoms with van der Waals surface area (Å²) < 4.78 is 1.88. The standard InChI is InChI=1S/C23H22N8O2/c1-14-2-3-19-20(6-14)31(28-22(19)27-21-11-24-4-5-26-21)16-7-15(9-25-10-16)29-12-18-8-17(29)13-30(18)23(32)33/h2-7,9-11,17-18H,8,12-13H2,1H3,(H,32,33)(H,26,27,28)/t17-,18-/m0/s1. The van der Waals surface area contributed by atoms with Gasteiger partial charge in [0, 0.05) is 36.9 Å². The molecule has 3 aromatic heterocycles. The van der Waals surface area contributed by atoms with Gasteiger partial charge in [0.05, 0.1) is 41.5 Å². The van der Waals surface area contributed by atoms with Crippen molar-refractivity contribution in [3.8, 4) is 5.69 Å². The number of aromatic nitrogens is 5. The molecule has 2 aliphatic heterocycles. The molecule has 4 aromatic rings. The monoisotopic (exact) mass is 442 g/mol. The van der Waals surface area contributed by atoms with E-state index in [9.17, 15) is 9.90 Å². The van der Waals surface area contributed by atoms with E-state index in [1.165, 1.54) is 0 Å². The number of carbonyl (C=O) groups is 1. The van der Waals surface area contributed by atoms with Gasteiger partial charge < -0.3 is 20.2 Å². The number of nitrogens with one attached hydrogen (secondary N) is 1. The Balaban J connectivity index is 1.37. The highest BCUT2D eigenvalue weighted by Gasteiger charge is 2.45. The highest BCUT2D eigenvalue weighted by molar-refractivity contribution is 5.93. The number of fused-ring (bicyclic) bond motifs is 3. The van der Waals surface area contributed by atoms with Gasteiger partial charge in [0.2, 0.25) is 0 Å². The molecule has 2 aliphatic rings. The van der Waals surface area contributed by atoms with E-state index < -0.39 is 6.09 Å². The maximum atomic E-state index is 11.4. The molecule has 0 radical (unpaired) electrons. The van der Waals surface area contributed by atoms with E-state index in [1.54, 1.807) is 29.7 Å². The van der Waals surface area contributed by atoms with E-state index >= 15 is 0 Å². The van der Waals surface area contributed by atoms with Gasteiger partial charge in [-0.2, -0.15) is 0 Å². The van der Waals surface area contributed by atoms with E-state index in [-0.39, 0.29) is 12.1 Å². The molecule has 33 heavy (non-hydrogen) atoms. The van der Waals surface area contributed by atoms with Gasteiger partial charge in [-0.3, -0.25) is 9.97 Å². The molecule has 5 heterocycles.